The lowest BCUT2D eigenvalue weighted by molar-refractivity contribution is 0.0929. The van der Waals surface area contributed by atoms with Gasteiger partial charge in [0.05, 0.1) is 12.2 Å². The highest BCUT2D eigenvalue weighted by atomic mass is 32.3. The van der Waals surface area contributed by atoms with Crippen LogP contribution in [-0.2, 0) is 0 Å². The predicted molar refractivity (Wildman–Crippen MR) is 139 cm³/mol. The number of imidazole rings is 1. The molecule has 1 amide bonds. The molecule has 0 saturated carbocycles. The van der Waals surface area contributed by atoms with Gasteiger partial charge in [-0.25, -0.2) is 13.9 Å². The van der Waals surface area contributed by atoms with Gasteiger partial charge in [-0.1, -0.05) is 18.2 Å². The Morgan fingerprint density at radius 2 is 2.11 bits per heavy atom. The molecule has 0 radical (unpaired) electrons. The molecule has 2 unspecified atom stereocenters. The standard InChI is InChI=1S/C25H29FN6O3S/c1-2-13-36(34,35)24-15-19(10-11-27-24)29-25(33)21-16-28-22-8-9-23(30-32(21)22)31-12-4-7-20(31)17-5-3-6-18(26)14-17/h2-3,5-6,8-9,13-14,16,19-20,34-35H,4,7,10-12,15H2,1H3,(H,29,33). The third kappa shape index (κ3) is 4.86. The van der Waals surface area contributed by atoms with E-state index in [1.165, 1.54) is 22.2 Å². The molecule has 9 nitrogen and oxygen atoms in total. The second-order valence-corrected chi connectivity index (χ2v) is 10.9. The molecule has 4 heterocycles. The first-order valence-corrected chi connectivity index (χ1v) is 13.6. The molecule has 11 heteroatoms. The van der Waals surface area contributed by atoms with Gasteiger partial charge >= 0.3 is 0 Å². The number of allylic oxidation sites excluding steroid dienone is 1. The van der Waals surface area contributed by atoms with Crippen LogP contribution in [0.1, 0.15) is 54.7 Å². The highest BCUT2D eigenvalue weighted by Crippen LogP contribution is 2.44. The second kappa shape index (κ2) is 10.00. The maximum absolute atomic E-state index is 13.9. The van der Waals surface area contributed by atoms with Crippen molar-refractivity contribution in [3.8, 4) is 0 Å². The van der Waals surface area contributed by atoms with Crippen LogP contribution in [0.15, 0.2) is 59.1 Å². The van der Waals surface area contributed by atoms with Crippen molar-refractivity contribution < 1.29 is 18.3 Å². The van der Waals surface area contributed by atoms with Gasteiger partial charge < -0.3 is 10.2 Å². The van der Waals surface area contributed by atoms with Gasteiger partial charge in [0.2, 0.25) is 0 Å². The minimum Gasteiger partial charge on any atom is -0.348 e. The quantitative estimate of drug-likeness (QED) is 0.453. The summed E-state index contributed by atoms with van der Waals surface area (Å²) in [7, 11) is -3.08. The maximum Gasteiger partial charge on any atom is 0.271 e. The number of amides is 1. The molecule has 5 rings (SSSR count). The van der Waals surface area contributed by atoms with E-state index in [9.17, 15) is 18.3 Å². The highest BCUT2D eigenvalue weighted by molar-refractivity contribution is 8.39. The van der Waals surface area contributed by atoms with Crippen LogP contribution >= 0.6 is 10.6 Å². The van der Waals surface area contributed by atoms with E-state index in [4.69, 9.17) is 5.10 Å². The van der Waals surface area contributed by atoms with Gasteiger partial charge in [0.15, 0.2) is 11.3 Å². The molecular weight excluding hydrogens is 483 g/mol. The summed E-state index contributed by atoms with van der Waals surface area (Å²) < 4.78 is 36.0. The van der Waals surface area contributed by atoms with Crippen LogP contribution in [0.5, 0.6) is 0 Å². The van der Waals surface area contributed by atoms with Crippen LogP contribution in [0.25, 0.3) is 5.65 Å². The molecule has 0 bridgehead atoms. The molecule has 2 aliphatic heterocycles. The van der Waals surface area contributed by atoms with Crippen molar-refractivity contribution in [3.63, 3.8) is 0 Å². The van der Waals surface area contributed by atoms with Crippen molar-refractivity contribution in [1.82, 2.24) is 19.9 Å². The molecule has 1 aromatic carbocycles. The van der Waals surface area contributed by atoms with Crippen molar-refractivity contribution in [2.24, 2.45) is 4.99 Å². The number of nitrogens with zero attached hydrogens (tertiary/aromatic N) is 5. The molecular formula is C25H29FN6O3S. The fraction of sp³-hybridized carbons (Fsp3) is 0.360. The van der Waals surface area contributed by atoms with E-state index < -0.39 is 10.6 Å². The molecule has 2 aliphatic rings. The van der Waals surface area contributed by atoms with Crippen molar-refractivity contribution in [1.29, 1.82) is 0 Å². The number of hydrogen-bond donors (Lipinski definition) is 3. The number of fused-ring (bicyclic) bond motifs is 1. The summed E-state index contributed by atoms with van der Waals surface area (Å²) in [4.78, 5) is 23.9. The molecule has 190 valence electrons. The first-order chi connectivity index (χ1) is 17.4. The third-order valence-electron chi connectivity index (χ3n) is 6.56. The summed E-state index contributed by atoms with van der Waals surface area (Å²) in [5.74, 6) is 0.0805. The van der Waals surface area contributed by atoms with E-state index in [1.807, 2.05) is 18.2 Å². The molecule has 3 N–H and O–H groups in total. The smallest absolute Gasteiger partial charge is 0.271 e. The summed E-state index contributed by atoms with van der Waals surface area (Å²) in [6.07, 6.45) is 5.77. The van der Waals surface area contributed by atoms with Crippen LogP contribution in [0, 0.1) is 5.82 Å². The van der Waals surface area contributed by atoms with Gasteiger partial charge in [-0.05, 0) is 56.0 Å². The number of carbonyl (C=O) groups excluding carboxylic acids is 1. The monoisotopic (exact) mass is 512 g/mol. The molecule has 36 heavy (non-hydrogen) atoms. The van der Waals surface area contributed by atoms with E-state index in [0.29, 0.717) is 29.5 Å². The Morgan fingerprint density at radius 1 is 1.25 bits per heavy atom. The van der Waals surface area contributed by atoms with E-state index in [0.717, 1.165) is 24.9 Å². The summed E-state index contributed by atoms with van der Waals surface area (Å²) >= 11 is 0. The second-order valence-electron chi connectivity index (χ2n) is 9.01. The number of carbonyl (C=O) groups is 1. The summed E-state index contributed by atoms with van der Waals surface area (Å²) in [5, 5.41) is 9.35. The SMILES string of the molecule is CC=CS(O)(O)C1=NCCC(NC(=O)c2cnc3ccc(N4CCCC4c4cccc(F)c4)nn23)C1. The Labute approximate surface area is 210 Å². The summed E-state index contributed by atoms with van der Waals surface area (Å²) in [6, 6.07) is 10.0. The Bertz CT molecular complexity index is 1340. The maximum atomic E-state index is 13.9. The highest BCUT2D eigenvalue weighted by Gasteiger charge is 2.29. The molecule has 2 atom stereocenters. The van der Waals surface area contributed by atoms with Gasteiger partial charge in [-0.2, -0.15) is 0 Å². The van der Waals surface area contributed by atoms with Gasteiger partial charge in [0.1, 0.15) is 16.7 Å². The zero-order chi connectivity index (χ0) is 25.3. The number of halogens is 1. The van der Waals surface area contributed by atoms with Crippen LogP contribution in [0.4, 0.5) is 10.2 Å². The Kier molecular flexibility index (Phi) is 6.78. The molecule has 1 fully saturated rings. The average molecular weight is 513 g/mol. The van der Waals surface area contributed by atoms with Crippen LogP contribution in [0.3, 0.4) is 0 Å². The molecule has 2 aromatic heterocycles. The fourth-order valence-corrected chi connectivity index (χ4v) is 6.13. The first kappa shape index (κ1) is 24.4. The number of anilines is 1. The fourth-order valence-electron chi connectivity index (χ4n) is 4.86. The number of aromatic nitrogens is 3. The first-order valence-electron chi connectivity index (χ1n) is 12.0. The lowest BCUT2D eigenvalue weighted by atomic mass is 10.0. The van der Waals surface area contributed by atoms with Gasteiger partial charge in [-0.3, -0.25) is 18.9 Å². The van der Waals surface area contributed by atoms with Gasteiger partial charge in [-0.15, -0.1) is 15.7 Å². The van der Waals surface area contributed by atoms with E-state index in [-0.39, 0.29) is 35.9 Å². The normalized spacial score (nSPS) is 21.2. The van der Waals surface area contributed by atoms with Crippen LogP contribution in [0.2, 0.25) is 0 Å². The van der Waals surface area contributed by atoms with Crippen LogP contribution < -0.4 is 10.2 Å². The Hall–Kier alpha value is -3.28. The third-order valence-corrected chi connectivity index (χ3v) is 8.20. The minimum atomic E-state index is -3.08. The molecule has 3 aromatic rings. The summed E-state index contributed by atoms with van der Waals surface area (Å²) in [6.45, 7) is 2.89. The predicted octanol–water partition coefficient (Wildman–Crippen LogP) is 4.78. The van der Waals surface area contributed by atoms with Crippen molar-refractivity contribution in [2.75, 3.05) is 18.0 Å². The van der Waals surface area contributed by atoms with Crippen molar-refractivity contribution >= 4 is 33.0 Å². The van der Waals surface area contributed by atoms with Gasteiger partial charge in [0.25, 0.3) is 5.91 Å². The Balaban J connectivity index is 1.36. The number of benzene rings is 1. The summed E-state index contributed by atoms with van der Waals surface area (Å²) in [5.41, 5.74) is 1.73. The Morgan fingerprint density at radius 3 is 2.92 bits per heavy atom. The number of nitrogens with one attached hydrogen (secondary N) is 1. The molecule has 0 spiro atoms. The van der Waals surface area contributed by atoms with Crippen molar-refractivity contribution in [3.05, 3.63) is 71.2 Å². The molecule has 0 aliphatic carbocycles. The average Bonchev–Trinajstić information content (AvgIpc) is 3.51. The van der Waals surface area contributed by atoms with Gasteiger partial charge in [0, 0.05) is 31.0 Å². The number of rotatable bonds is 5. The zero-order valence-corrected chi connectivity index (χ0v) is 20.7. The van der Waals surface area contributed by atoms with Crippen molar-refractivity contribution in [2.45, 2.75) is 44.7 Å². The zero-order valence-electron chi connectivity index (χ0n) is 19.9. The van der Waals surface area contributed by atoms with E-state index in [2.05, 4.69) is 20.2 Å². The lowest BCUT2D eigenvalue weighted by Gasteiger charge is -2.34. The lowest BCUT2D eigenvalue weighted by Crippen LogP contribution is -2.40. The van der Waals surface area contributed by atoms with E-state index >= 15 is 0 Å². The topological polar surface area (TPSA) is 115 Å². The van der Waals surface area contributed by atoms with E-state index in [1.54, 1.807) is 25.1 Å². The van der Waals surface area contributed by atoms with Crippen LogP contribution in [-0.4, -0.2) is 53.8 Å². The minimum absolute atomic E-state index is 0.00305. The largest absolute Gasteiger partial charge is 0.348 e. The number of aliphatic imine (C=N–C) groups is 1. The molecule has 1 saturated heterocycles. The number of hydrogen-bond acceptors (Lipinski definition) is 7.